The Morgan fingerprint density at radius 3 is 2.50 bits per heavy atom. The van der Waals surface area contributed by atoms with E-state index >= 15 is 0 Å². The Kier molecular flexibility index (Phi) is 7.19. The molecule has 1 radical (unpaired) electrons. The Bertz CT molecular complexity index is 1010. The number of ether oxygens (including phenoxy) is 1. The number of amides is 1. The van der Waals surface area contributed by atoms with Gasteiger partial charge in [0.1, 0.15) is 0 Å². The minimum atomic E-state index is -3.13. The fraction of sp³-hybridized carbons (Fsp3) is 0.381. The van der Waals surface area contributed by atoms with E-state index in [1.807, 2.05) is 12.1 Å². The monoisotopic (exact) mass is 498 g/mol. The number of piperidine rings is 1. The molecule has 2 aromatic carbocycles. The zero-order chi connectivity index (χ0) is 21.9. The molecule has 0 spiro atoms. The Morgan fingerprint density at radius 1 is 1.17 bits per heavy atom. The van der Waals surface area contributed by atoms with Gasteiger partial charge in [-0.15, -0.1) is 0 Å². The number of halogens is 2. The first-order valence-corrected chi connectivity index (χ1v) is 14.7. The molecule has 0 aromatic heterocycles. The summed E-state index contributed by atoms with van der Waals surface area (Å²) in [4.78, 5) is 13.9. The van der Waals surface area contributed by atoms with Crippen LogP contribution in [-0.4, -0.2) is 60.0 Å². The molecule has 9 heteroatoms. The van der Waals surface area contributed by atoms with Gasteiger partial charge in [0.15, 0.2) is 0 Å². The summed E-state index contributed by atoms with van der Waals surface area (Å²) >= 11 is -1.00. The number of benzene rings is 2. The van der Waals surface area contributed by atoms with Gasteiger partial charge in [-0.25, -0.2) is 0 Å². The first-order valence-electron chi connectivity index (χ1n) is 9.48. The summed E-state index contributed by atoms with van der Waals surface area (Å²) in [7, 11) is -1.82. The molecule has 0 saturated carbocycles. The summed E-state index contributed by atoms with van der Waals surface area (Å²) in [5, 5.41) is 0. The van der Waals surface area contributed by atoms with Crippen molar-refractivity contribution < 1.29 is 26.7 Å². The molecule has 0 unspecified atom stereocenters. The second-order valence-corrected chi connectivity index (χ2v) is 15.9. The van der Waals surface area contributed by atoms with Gasteiger partial charge in [-0.05, 0) is 0 Å². The van der Waals surface area contributed by atoms with E-state index in [-0.39, 0.29) is 10.7 Å². The van der Waals surface area contributed by atoms with Crippen LogP contribution >= 0.6 is 0 Å². The SMILES string of the molecule is COC(=O)N1CCC[C@@H]([As]S(C)(=O)=O)[C@H]1Cc1cccc(-c2cc(F)cc(F)c2)c1. The predicted octanol–water partition coefficient (Wildman–Crippen LogP) is 3.86. The van der Waals surface area contributed by atoms with Gasteiger partial charge in [0.25, 0.3) is 0 Å². The normalized spacial score (nSPS) is 19.9. The summed E-state index contributed by atoms with van der Waals surface area (Å²) < 4.78 is 56.0. The number of hydrogen-bond donors (Lipinski definition) is 0. The molecule has 161 valence electrons. The summed E-state index contributed by atoms with van der Waals surface area (Å²) in [5.74, 6) is -1.31. The fourth-order valence-corrected chi connectivity index (χ4v) is 10.2. The van der Waals surface area contributed by atoms with Crippen LogP contribution in [0.4, 0.5) is 13.6 Å². The van der Waals surface area contributed by atoms with Crippen molar-refractivity contribution >= 4 is 28.8 Å². The van der Waals surface area contributed by atoms with Gasteiger partial charge in [0, 0.05) is 0 Å². The molecular formula is C21H23AsF2NO4S. The van der Waals surface area contributed by atoms with E-state index < -0.39 is 40.4 Å². The predicted molar refractivity (Wildman–Crippen MR) is 112 cm³/mol. The van der Waals surface area contributed by atoms with Crippen LogP contribution in [0.25, 0.3) is 11.1 Å². The van der Waals surface area contributed by atoms with Crippen LogP contribution in [0.5, 0.6) is 0 Å². The third kappa shape index (κ3) is 5.82. The number of carbonyl (C=O) groups is 1. The van der Waals surface area contributed by atoms with Gasteiger partial charge in [0.2, 0.25) is 0 Å². The average molecular weight is 498 g/mol. The molecule has 2 atom stereocenters. The molecule has 1 amide bonds. The van der Waals surface area contributed by atoms with E-state index in [2.05, 4.69) is 0 Å². The van der Waals surface area contributed by atoms with Crippen LogP contribution in [0, 0.1) is 11.6 Å². The summed E-state index contributed by atoms with van der Waals surface area (Å²) in [6, 6.07) is 10.3. The van der Waals surface area contributed by atoms with Crippen LogP contribution < -0.4 is 0 Å². The van der Waals surface area contributed by atoms with Gasteiger partial charge in [-0.3, -0.25) is 0 Å². The summed E-state index contributed by atoms with van der Waals surface area (Å²) in [6.45, 7) is 0.507. The number of likely N-dealkylation sites (tertiary alicyclic amines) is 1. The van der Waals surface area contributed by atoms with Gasteiger partial charge in [-0.2, -0.15) is 0 Å². The molecule has 3 rings (SSSR count). The first kappa shape index (κ1) is 22.8. The van der Waals surface area contributed by atoms with E-state index in [1.165, 1.54) is 25.5 Å². The van der Waals surface area contributed by atoms with Crippen molar-refractivity contribution in [2.75, 3.05) is 19.9 Å². The number of methoxy groups -OCH3 is 1. The number of nitrogens with zero attached hydrogens (tertiary/aromatic N) is 1. The van der Waals surface area contributed by atoms with Crippen LogP contribution in [0.2, 0.25) is 4.71 Å². The van der Waals surface area contributed by atoms with Crippen molar-refractivity contribution in [2.24, 2.45) is 0 Å². The van der Waals surface area contributed by atoms with Crippen molar-refractivity contribution in [2.45, 2.75) is 30.0 Å². The van der Waals surface area contributed by atoms with Crippen LogP contribution in [-0.2, 0) is 19.3 Å². The second kappa shape index (κ2) is 9.48. The van der Waals surface area contributed by atoms with Crippen molar-refractivity contribution in [3.8, 4) is 11.1 Å². The number of carbonyl (C=O) groups excluding carboxylic acids is 1. The standard InChI is InChI=1S/C21H23AsF2NO4S/c1-29-21(26)25-8-4-7-19(22-30(2,27)28)20(25)10-14-5-3-6-15(9-14)16-11-17(23)13-18(24)12-16/h3,5-6,9,11-13,19-20H,4,7-8,10H2,1-2H3/t19-,20-/m1/s1. The molecule has 2 aromatic rings. The fourth-order valence-electron chi connectivity index (χ4n) is 3.84. The zero-order valence-corrected chi connectivity index (χ0v) is 19.4. The molecule has 1 heterocycles. The third-order valence-corrected chi connectivity index (χ3v) is 11.1. The molecule has 1 aliphatic heterocycles. The number of rotatable bonds is 5. The molecule has 0 bridgehead atoms. The Morgan fingerprint density at radius 2 is 1.87 bits per heavy atom. The van der Waals surface area contributed by atoms with E-state index in [4.69, 9.17) is 4.74 Å². The van der Waals surface area contributed by atoms with Crippen molar-refractivity contribution in [1.29, 1.82) is 0 Å². The van der Waals surface area contributed by atoms with Crippen LogP contribution in [0.1, 0.15) is 18.4 Å². The maximum absolute atomic E-state index is 13.6. The quantitative estimate of drug-likeness (QED) is 0.588. The second-order valence-electron chi connectivity index (χ2n) is 7.34. The summed E-state index contributed by atoms with van der Waals surface area (Å²) in [5.41, 5.74) is 1.93. The van der Waals surface area contributed by atoms with Gasteiger partial charge >= 0.3 is 181 Å². The molecule has 0 aliphatic carbocycles. The van der Waals surface area contributed by atoms with Crippen molar-refractivity contribution in [3.05, 3.63) is 59.7 Å². The first-order chi connectivity index (χ1) is 14.2. The molecule has 1 saturated heterocycles. The molecule has 30 heavy (non-hydrogen) atoms. The van der Waals surface area contributed by atoms with E-state index in [9.17, 15) is 22.0 Å². The average Bonchev–Trinajstić information content (AvgIpc) is 2.67. The molecule has 1 aliphatic rings. The van der Waals surface area contributed by atoms with Crippen molar-refractivity contribution in [1.82, 2.24) is 4.90 Å². The molecule has 0 N–H and O–H groups in total. The third-order valence-electron chi connectivity index (χ3n) is 5.05. The van der Waals surface area contributed by atoms with Crippen LogP contribution in [0.3, 0.4) is 0 Å². The van der Waals surface area contributed by atoms with E-state index in [0.29, 0.717) is 24.1 Å². The van der Waals surface area contributed by atoms with Crippen LogP contribution in [0.15, 0.2) is 42.5 Å². The Labute approximate surface area is 181 Å². The summed E-state index contributed by atoms with van der Waals surface area (Å²) in [6.07, 6.45) is 2.67. The Balaban J connectivity index is 1.92. The maximum atomic E-state index is 13.6. The zero-order valence-electron chi connectivity index (χ0n) is 16.7. The van der Waals surface area contributed by atoms with E-state index in [0.717, 1.165) is 24.5 Å². The molecule has 5 nitrogen and oxygen atoms in total. The molecule has 1 fully saturated rings. The minimum absolute atomic E-state index is 0.126. The molecular weight excluding hydrogens is 475 g/mol. The van der Waals surface area contributed by atoms with Gasteiger partial charge in [0.05, 0.1) is 0 Å². The van der Waals surface area contributed by atoms with Gasteiger partial charge < -0.3 is 0 Å². The number of hydrogen-bond acceptors (Lipinski definition) is 4. The topological polar surface area (TPSA) is 63.7 Å². The van der Waals surface area contributed by atoms with E-state index in [1.54, 1.807) is 17.0 Å². The Hall–Kier alpha value is -1.92. The van der Waals surface area contributed by atoms with Crippen molar-refractivity contribution in [3.63, 3.8) is 0 Å². The van der Waals surface area contributed by atoms with Gasteiger partial charge in [-0.1, -0.05) is 0 Å².